The van der Waals surface area contributed by atoms with Crippen molar-refractivity contribution in [1.29, 1.82) is 0 Å². The molecule has 1 aromatic rings. The number of nitrogens with zero attached hydrogens (tertiary/aromatic N) is 1. The van der Waals surface area contributed by atoms with Crippen LogP contribution in [0.1, 0.15) is 5.56 Å². The Hall–Kier alpha value is -1.69. The van der Waals surface area contributed by atoms with E-state index >= 15 is 0 Å². The number of halogens is 2. The highest BCUT2D eigenvalue weighted by molar-refractivity contribution is 5.69. The molecule has 1 aromatic carbocycles. The second-order valence-electron chi connectivity index (χ2n) is 5.26. The fourth-order valence-corrected chi connectivity index (χ4v) is 2.89. The van der Waals surface area contributed by atoms with E-state index in [1.54, 1.807) is 0 Å². The molecular formula is C14H16F2N2O2. The highest BCUT2D eigenvalue weighted by Gasteiger charge is 2.57. The number of carbonyl (C=O) groups is 1. The van der Waals surface area contributed by atoms with Crippen LogP contribution in [0.25, 0.3) is 0 Å². The van der Waals surface area contributed by atoms with Gasteiger partial charge in [0.15, 0.2) is 0 Å². The van der Waals surface area contributed by atoms with Crippen LogP contribution in [0.5, 0.6) is 0 Å². The Balaban J connectivity index is 1.63. The van der Waals surface area contributed by atoms with Crippen molar-refractivity contribution in [2.24, 2.45) is 5.92 Å². The van der Waals surface area contributed by atoms with Gasteiger partial charge in [-0.2, -0.15) is 0 Å². The number of nitrogens with one attached hydrogen (secondary N) is 1. The third-order valence-corrected chi connectivity index (χ3v) is 3.95. The monoisotopic (exact) mass is 282 g/mol. The Morgan fingerprint density at radius 1 is 1.35 bits per heavy atom. The first-order chi connectivity index (χ1) is 9.58. The lowest BCUT2D eigenvalue weighted by molar-refractivity contribution is -0.0244. The van der Waals surface area contributed by atoms with E-state index < -0.39 is 30.5 Å². The Morgan fingerprint density at radius 3 is 2.85 bits per heavy atom. The smallest absolute Gasteiger partial charge is 0.410 e. The predicted octanol–water partition coefficient (Wildman–Crippen LogP) is 1.86. The molecule has 0 bridgehead atoms. The van der Waals surface area contributed by atoms with Crippen molar-refractivity contribution in [3.05, 3.63) is 35.9 Å². The largest absolute Gasteiger partial charge is 0.445 e. The van der Waals surface area contributed by atoms with Crippen molar-refractivity contribution < 1.29 is 18.3 Å². The molecule has 2 heterocycles. The SMILES string of the molecule is O=C(OCc1ccccc1)N1CC(F)(F)C2CNCC21. The van der Waals surface area contributed by atoms with E-state index in [0.29, 0.717) is 6.54 Å². The van der Waals surface area contributed by atoms with Gasteiger partial charge in [0, 0.05) is 13.1 Å². The van der Waals surface area contributed by atoms with Gasteiger partial charge in [0.25, 0.3) is 5.92 Å². The predicted molar refractivity (Wildman–Crippen MR) is 68.4 cm³/mol. The Bertz CT molecular complexity index is 495. The number of ether oxygens (including phenoxy) is 1. The molecule has 1 amide bonds. The van der Waals surface area contributed by atoms with Crippen LogP contribution in [-0.2, 0) is 11.3 Å². The summed E-state index contributed by atoms with van der Waals surface area (Å²) in [6.45, 7) is 0.213. The van der Waals surface area contributed by atoms with Crippen LogP contribution < -0.4 is 5.32 Å². The number of likely N-dealkylation sites (tertiary alicyclic amines) is 1. The zero-order valence-corrected chi connectivity index (χ0v) is 10.9. The van der Waals surface area contributed by atoms with Gasteiger partial charge < -0.3 is 10.1 Å². The summed E-state index contributed by atoms with van der Waals surface area (Å²) in [4.78, 5) is 13.2. The summed E-state index contributed by atoms with van der Waals surface area (Å²) in [6.07, 6.45) is -0.662. The lowest BCUT2D eigenvalue weighted by Crippen LogP contribution is -2.39. The topological polar surface area (TPSA) is 41.6 Å². The van der Waals surface area contributed by atoms with Crippen LogP contribution in [0.3, 0.4) is 0 Å². The third-order valence-electron chi connectivity index (χ3n) is 3.95. The van der Waals surface area contributed by atoms with E-state index in [1.807, 2.05) is 30.3 Å². The number of carbonyl (C=O) groups excluding carboxylic acids is 1. The highest BCUT2D eigenvalue weighted by atomic mass is 19.3. The number of rotatable bonds is 2. The normalized spacial score (nSPS) is 27.4. The van der Waals surface area contributed by atoms with Gasteiger partial charge in [-0.15, -0.1) is 0 Å². The lowest BCUT2D eigenvalue weighted by atomic mass is 10.0. The minimum atomic E-state index is -2.83. The number of fused-ring (bicyclic) bond motifs is 1. The molecule has 6 heteroatoms. The molecule has 2 aliphatic heterocycles. The summed E-state index contributed by atoms with van der Waals surface area (Å²) in [6, 6.07) is 8.72. The van der Waals surface area contributed by atoms with Gasteiger partial charge in [-0.1, -0.05) is 30.3 Å². The average Bonchev–Trinajstić information content (AvgIpc) is 3.01. The molecule has 0 aromatic heterocycles. The van der Waals surface area contributed by atoms with Gasteiger partial charge in [-0.05, 0) is 5.56 Å². The molecule has 1 N–H and O–H groups in total. The fourth-order valence-electron chi connectivity index (χ4n) is 2.89. The number of alkyl halides is 2. The maximum atomic E-state index is 13.8. The Labute approximate surface area is 115 Å². The first kappa shape index (κ1) is 13.3. The van der Waals surface area contributed by atoms with Gasteiger partial charge in [0.05, 0.1) is 18.5 Å². The van der Waals surface area contributed by atoms with Crippen molar-refractivity contribution in [3.8, 4) is 0 Å². The summed E-state index contributed by atoms with van der Waals surface area (Å²) < 4.78 is 32.7. The zero-order chi connectivity index (χ0) is 14.2. The molecule has 0 radical (unpaired) electrons. The Morgan fingerprint density at radius 2 is 2.10 bits per heavy atom. The molecule has 2 unspecified atom stereocenters. The van der Waals surface area contributed by atoms with Crippen molar-refractivity contribution in [1.82, 2.24) is 10.2 Å². The van der Waals surface area contributed by atoms with Crippen LogP contribution in [-0.4, -0.2) is 42.6 Å². The standard InChI is InChI=1S/C14H16F2N2O2/c15-14(16)9-18(12-7-17-6-11(12)14)13(19)20-8-10-4-2-1-3-5-10/h1-5,11-12,17H,6-9H2. The fraction of sp³-hybridized carbons (Fsp3) is 0.500. The Kier molecular flexibility index (Phi) is 3.33. The lowest BCUT2D eigenvalue weighted by Gasteiger charge is -2.21. The van der Waals surface area contributed by atoms with E-state index in [1.165, 1.54) is 0 Å². The summed E-state index contributed by atoms with van der Waals surface area (Å²) in [5.41, 5.74) is 0.841. The number of hydrogen-bond acceptors (Lipinski definition) is 3. The van der Waals surface area contributed by atoms with E-state index in [4.69, 9.17) is 4.74 Å². The summed E-state index contributed by atoms with van der Waals surface area (Å²) in [5, 5.41) is 2.91. The van der Waals surface area contributed by atoms with Crippen LogP contribution in [0.2, 0.25) is 0 Å². The van der Waals surface area contributed by atoms with Crippen molar-refractivity contribution in [2.75, 3.05) is 19.6 Å². The summed E-state index contributed by atoms with van der Waals surface area (Å²) >= 11 is 0. The molecule has 108 valence electrons. The molecule has 2 atom stereocenters. The molecule has 4 nitrogen and oxygen atoms in total. The third kappa shape index (κ3) is 2.35. The molecule has 0 spiro atoms. The van der Waals surface area contributed by atoms with Crippen LogP contribution in [0.15, 0.2) is 30.3 Å². The van der Waals surface area contributed by atoms with Gasteiger partial charge >= 0.3 is 6.09 Å². The zero-order valence-electron chi connectivity index (χ0n) is 10.9. The maximum Gasteiger partial charge on any atom is 0.410 e. The molecule has 0 aliphatic carbocycles. The number of amides is 1. The maximum absolute atomic E-state index is 13.8. The molecule has 3 rings (SSSR count). The van der Waals surface area contributed by atoms with E-state index in [0.717, 1.165) is 10.5 Å². The first-order valence-corrected chi connectivity index (χ1v) is 6.64. The molecule has 2 fully saturated rings. The van der Waals surface area contributed by atoms with Crippen LogP contribution in [0.4, 0.5) is 13.6 Å². The van der Waals surface area contributed by atoms with Crippen LogP contribution >= 0.6 is 0 Å². The second kappa shape index (κ2) is 5.01. The highest BCUT2D eigenvalue weighted by Crippen LogP contribution is 2.39. The molecule has 2 aliphatic rings. The minimum absolute atomic E-state index is 0.104. The molecular weight excluding hydrogens is 266 g/mol. The number of hydrogen-bond donors (Lipinski definition) is 1. The van der Waals surface area contributed by atoms with Crippen molar-refractivity contribution in [3.63, 3.8) is 0 Å². The van der Waals surface area contributed by atoms with Crippen LogP contribution in [0, 0.1) is 5.92 Å². The minimum Gasteiger partial charge on any atom is -0.445 e. The van der Waals surface area contributed by atoms with Gasteiger partial charge in [-0.3, -0.25) is 4.90 Å². The second-order valence-corrected chi connectivity index (χ2v) is 5.26. The molecule has 20 heavy (non-hydrogen) atoms. The van der Waals surface area contributed by atoms with E-state index in [-0.39, 0.29) is 13.2 Å². The van der Waals surface area contributed by atoms with E-state index in [9.17, 15) is 13.6 Å². The summed E-state index contributed by atoms with van der Waals surface area (Å²) in [7, 11) is 0. The van der Waals surface area contributed by atoms with E-state index in [2.05, 4.69) is 5.32 Å². The van der Waals surface area contributed by atoms with Gasteiger partial charge in [-0.25, -0.2) is 13.6 Å². The molecule has 0 saturated carbocycles. The average molecular weight is 282 g/mol. The van der Waals surface area contributed by atoms with Gasteiger partial charge in [0.1, 0.15) is 6.61 Å². The van der Waals surface area contributed by atoms with Gasteiger partial charge in [0.2, 0.25) is 0 Å². The number of benzene rings is 1. The summed E-state index contributed by atoms with van der Waals surface area (Å²) in [5.74, 6) is -3.63. The van der Waals surface area contributed by atoms with Crippen molar-refractivity contribution in [2.45, 2.75) is 18.6 Å². The molecule has 2 saturated heterocycles. The van der Waals surface area contributed by atoms with Crippen molar-refractivity contribution >= 4 is 6.09 Å². The quantitative estimate of drug-likeness (QED) is 0.900. The first-order valence-electron chi connectivity index (χ1n) is 6.64.